The van der Waals surface area contributed by atoms with Gasteiger partial charge in [-0.3, -0.25) is 21.3 Å². The summed E-state index contributed by atoms with van der Waals surface area (Å²) in [5.74, 6) is 0. The predicted molar refractivity (Wildman–Crippen MR) is 96.8 cm³/mol. The molecule has 5 heteroatoms. The molecular formula is C18H20N4S. The third kappa shape index (κ3) is 2.36. The van der Waals surface area contributed by atoms with Crippen molar-refractivity contribution in [3.05, 3.63) is 47.5 Å². The molecule has 3 aromatic rings. The van der Waals surface area contributed by atoms with Gasteiger partial charge in [-0.1, -0.05) is 12.1 Å². The van der Waals surface area contributed by atoms with Gasteiger partial charge in [0.15, 0.2) is 0 Å². The third-order valence-corrected chi connectivity index (χ3v) is 5.98. The highest BCUT2D eigenvalue weighted by Crippen LogP contribution is 2.36. The Morgan fingerprint density at radius 2 is 1.09 bits per heavy atom. The first-order valence-corrected chi connectivity index (χ1v) is 9.10. The Balaban J connectivity index is 1.64. The van der Waals surface area contributed by atoms with E-state index in [1.807, 2.05) is 11.3 Å². The number of fused-ring (bicyclic) bond motifs is 3. The van der Waals surface area contributed by atoms with Crippen LogP contribution in [0, 0.1) is 0 Å². The molecule has 0 atom stereocenters. The van der Waals surface area contributed by atoms with Crippen molar-refractivity contribution in [2.45, 2.75) is 12.3 Å². The summed E-state index contributed by atoms with van der Waals surface area (Å²) in [5, 5.41) is 16.8. The monoisotopic (exact) mass is 324 g/mol. The zero-order chi connectivity index (χ0) is 15.2. The summed E-state index contributed by atoms with van der Waals surface area (Å²) in [7, 11) is 0. The Kier molecular flexibility index (Phi) is 3.35. The molecule has 2 aliphatic rings. The second-order valence-electron chi connectivity index (χ2n) is 6.30. The SMILES string of the molecule is c1cc2sc3ccc(C4NCCN4)cc3c2cc1C1NCCN1. The molecule has 2 fully saturated rings. The van der Waals surface area contributed by atoms with Crippen LogP contribution >= 0.6 is 11.3 Å². The summed E-state index contributed by atoms with van der Waals surface area (Å²) in [6, 6.07) is 13.7. The van der Waals surface area contributed by atoms with Crippen molar-refractivity contribution in [3.63, 3.8) is 0 Å². The van der Waals surface area contributed by atoms with Gasteiger partial charge in [-0.05, 0) is 35.4 Å². The number of thiophene rings is 1. The molecule has 2 aliphatic heterocycles. The normalized spacial score (nSPS) is 20.2. The standard InChI is InChI=1S/C18H20N4S/c1-3-15-13(9-11(1)17-19-5-6-20-17)14-10-12(2-4-16(14)23-15)18-21-7-8-22-18/h1-4,9-10,17-22H,5-8H2. The summed E-state index contributed by atoms with van der Waals surface area (Å²) >= 11 is 1.88. The molecule has 0 spiro atoms. The van der Waals surface area contributed by atoms with Crippen LogP contribution in [0.4, 0.5) is 0 Å². The van der Waals surface area contributed by atoms with Crippen LogP contribution in [0.25, 0.3) is 20.2 Å². The summed E-state index contributed by atoms with van der Waals surface area (Å²) in [6.07, 6.45) is 0.575. The van der Waals surface area contributed by atoms with E-state index in [4.69, 9.17) is 0 Å². The molecule has 4 N–H and O–H groups in total. The van der Waals surface area contributed by atoms with E-state index >= 15 is 0 Å². The molecule has 0 amide bonds. The molecule has 1 aromatic heterocycles. The summed E-state index contributed by atoms with van der Waals surface area (Å²) in [5.41, 5.74) is 2.66. The molecule has 0 bridgehead atoms. The number of rotatable bonds is 2. The van der Waals surface area contributed by atoms with Crippen LogP contribution in [-0.2, 0) is 0 Å². The van der Waals surface area contributed by atoms with Crippen LogP contribution in [0.2, 0.25) is 0 Å². The zero-order valence-electron chi connectivity index (χ0n) is 12.9. The quantitative estimate of drug-likeness (QED) is 0.585. The number of benzene rings is 2. The Hall–Kier alpha value is -1.50. The van der Waals surface area contributed by atoms with Gasteiger partial charge >= 0.3 is 0 Å². The first-order chi connectivity index (χ1) is 11.4. The second kappa shape index (κ2) is 5.54. The van der Waals surface area contributed by atoms with Crippen LogP contribution in [-0.4, -0.2) is 26.2 Å². The second-order valence-corrected chi connectivity index (χ2v) is 7.38. The lowest BCUT2D eigenvalue weighted by atomic mass is 10.0. The molecule has 0 aliphatic carbocycles. The predicted octanol–water partition coefficient (Wildman–Crippen LogP) is 2.44. The average Bonchev–Trinajstić information content (AvgIpc) is 3.33. The molecular weight excluding hydrogens is 304 g/mol. The van der Waals surface area contributed by atoms with Gasteiger partial charge in [0.05, 0.1) is 12.3 Å². The highest BCUT2D eigenvalue weighted by molar-refractivity contribution is 7.25. The first-order valence-electron chi connectivity index (χ1n) is 8.28. The van der Waals surface area contributed by atoms with Crippen molar-refractivity contribution in [2.24, 2.45) is 0 Å². The van der Waals surface area contributed by atoms with Crippen LogP contribution in [0.3, 0.4) is 0 Å². The maximum atomic E-state index is 3.51. The van der Waals surface area contributed by atoms with E-state index in [2.05, 4.69) is 57.7 Å². The largest absolute Gasteiger partial charge is 0.297 e. The van der Waals surface area contributed by atoms with E-state index in [9.17, 15) is 0 Å². The first kappa shape index (κ1) is 13.9. The van der Waals surface area contributed by atoms with Crippen molar-refractivity contribution >= 4 is 31.5 Å². The molecule has 3 heterocycles. The lowest BCUT2D eigenvalue weighted by Crippen LogP contribution is -2.21. The van der Waals surface area contributed by atoms with Crippen LogP contribution in [0.5, 0.6) is 0 Å². The van der Waals surface area contributed by atoms with Crippen molar-refractivity contribution in [3.8, 4) is 0 Å². The molecule has 2 saturated heterocycles. The highest BCUT2D eigenvalue weighted by atomic mass is 32.1. The van der Waals surface area contributed by atoms with Crippen molar-refractivity contribution in [1.29, 1.82) is 0 Å². The van der Waals surface area contributed by atoms with Crippen LogP contribution in [0.15, 0.2) is 36.4 Å². The average molecular weight is 324 g/mol. The summed E-state index contributed by atoms with van der Waals surface area (Å²) in [6.45, 7) is 4.15. The minimum absolute atomic E-state index is 0.288. The van der Waals surface area contributed by atoms with E-state index in [0.29, 0.717) is 0 Å². The number of nitrogens with one attached hydrogen (secondary N) is 4. The van der Waals surface area contributed by atoms with Gasteiger partial charge in [-0.2, -0.15) is 0 Å². The van der Waals surface area contributed by atoms with Gasteiger partial charge in [0.25, 0.3) is 0 Å². The highest BCUT2D eigenvalue weighted by Gasteiger charge is 2.18. The lowest BCUT2D eigenvalue weighted by molar-refractivity contribution is 0.589. The fourth-order valence-corrected chi connectivity index (χ4v) is 4.72. The van der Waals surface area contributed by atoms with Gasteiger partial charge in [0.2, 0.25) is 0 Å². The van der Waals surface area contributed by atoms with Gasteiger partial charge in [0.1, 0.15) is 0 Å². The molecule has 5 rings (SSSR count). The Labute approximate surface area is 139 Å². The zero-order valence-corrected chi connectivity index (χ0v) is 13.7. The van der Waals surface area contributed by atoms with E-state index in [1.54, 1.807) is 0 Å². The van der Waals surface area contributed by atoms with Crippen molar-refractivity contribution < 1.29 is 0 Å². The molecule has 2 aromatic carbocycles. The van der Waals surface area contributed by atoms with Crippen LogP contribution < -0.4 is 21.3 Å². The third-order valence-electron chi connectivity index (χ3n) is 4.83. The van der Waals surface area contributed by atoms with E-state index in [0.717, 1.165) is 26.2 Å². The Bertz CT molecular complexity index is 790. The molecule has 118 valence electrons. The molecule has 0 unspecified atom stereocenters. The fourth-order valence-electron chi connectivity index (χ4n) is 3.65. The Morgan fingerprint density at radius 1 is 0.652 bits per heavy atom. The fraction of sp³-hybridized carbons (Fsp3) is 0.333. The smallest absolute Gasteiger partial charge is 0.0836 e. The van der Waals surface area contributed by atoms with E-state index in [1.165, 1.54) is 31.3 Å². The molecule has 0 saturated carbocycles. The van der Waals surface area contributed by atoms with Gasteiger partial charge in [0, 0.05) is 46.4 Å². The number of hydrogen-bond acceptors (Lipinski definition) is 5. The minimum atomic E-state index is 0.288. The minimum Gasteiger partial charge on any atom is -0.297 e. The van der Waals surface area contributed by atoms with Crippen molar-refractivity contribution in [2.75, 3.05) is 26.2 Å². The molecule has 23 heavy (non-hydrogen) atoms. The van der Waals surface area contributed by atoms with E-state index in [-0.39, 0.29) is 12.3 Å². The topological polar surface area (TPSA) is 48.1 Å². The summed E-state index contributed by atoms with van der Waals surface area (Å²) in [4.78, 5) is 0. The maximum absolute atomic E-state index is 3.51. The lowest BCUT2D eigenvalue weighted by Gasteiger charge is -2.12. The maximum Gasteiger partial charge on any atom is 0.0836 e. The molecule has 4 nitrogen and oxygen atoms in total. The van der Waals surface area contributed by atoms with E-state index < -0.39 is 0 Å². The van der Waals surface area contributed by atoms with Crippen LogP contribution in [0.1, 0.15) is 23.5 Å². The van der Waals surface area contributed by atoms with Gasteiger partial charge in [-0.25, -0.2) is 0 Å². The molecule has 0 radical (unpaired) electrons. The Morgan fingerprint density at radius 3 is 1.52 bits per heavy atom. The van der Waals surface area contributed by atoms with Gasteiger partial charge < -0.3 is 0 Å². The van der Waals surface area contributed by atoms with Crippen molar-refractivity contribution in [1.82, 2.24) is 21.3 Å². The number of hydrogen-bond donors (Lipinski definition) is 4. The van der Waals surface area contributed by atoms with Gasteiger partial charge in [-0.15, -0.1) is 11.3 Å². The summed E-state index contributed by atoms with van der Waals surface area (Å²) < 4.78 is 2.73.